The standard InChI is InChI=1S/C17H13N3S/c1-2-4-17-14(3-1)15(11-21-17)16-6-5-13(9-19-16)10-20-8-7-18-12-20/h1-9,11-12H,10H2. The lowest BCUT2D eigenvalue weighted by molar-refractivity contribution is 0.793. The van der Waals surface area contributed by atoms with Crippen molar-refractivity contribution in [3.8, 4) is 11.3 Å². The van der Waals surface area contributed by atoms with Crippen LogP contribution in [0.5, 0.6) is 0 Å². The van der Waals surface area contributed by atoms with Crippen molar-refractivity contribution in [1.82, 2.24) is 14.5 Å². The summed E-state index contributed by atoms with van der Waals surface area (Å²) in [5.41, 5.74) is 3.42. The third kappa shape index (κ3) is 2.34. The van der Waals surface area contributed by atoms with Gasteiger partial charge in [0.2, 0.25) is 0 Å². The maximum absolute atomic E-state index is 4.62. The minimum absolute atomic E-state index is 0.803. The molecule has 0 atom stereocenters. The topological polar surface area (TPSA) is 30.7 Å². The Labute approximate surface area is 126 Å². The van der Waals surface area contributed by atoms with Crippen molar-refractivity contribution < 1.29 is 0 Å². The summed E-state index contributed by atoms with van der Waals surface area (Å²) in [5.74, 6) is 0. The van der Waals surface area contributed by atoms with Gasteiger partial charge in [-0.3, -0.25) is 4.98 Å². The molecule has 0 unspecified atom stereocenters. The summed E-state index contributed by atoms with van der Waals surface area (Å²) < 4.78 is 3.34. The molecule has 0 N–H and O–H groups in total. The van der Waals surface area contributed by atoms with Crippen molar-refractivity contribution in [2.75, 3.05) is 0 Å². The Kier molecular flexibility index (Phi) is 3.01. The SMILES string of the molecule is c1ccc2c(-c3ccc(Cn4ccnc4)cn3)csc2c1. The number of hydrogen-bond acceptors (Lipinski definition) is 3. The van der Waals surface area contributed by atoms with Crippen LogP contribution in [-0.2, 0) is 6.54 Å². The lowest BCUT2D eigenvalue weighted by Crippen LogP contribution is -1.97. The van der Waals surface area contributed by atoms with Crippen LogP contribution in [0.1, 0.15) is 5.56 Å². The molecule has 4 heteroatoms. The highest BCUT2D eigenvalue weighted by Crippen LogP contribution is 2.32. The summed E-state index contributed by atoms with van der Waals surface area (Å²) in [4.78, 5) is 8.68. The van der Waals surface area contributed by atoms with Gasteiger partial charge in [0.25, 0.3) is 0 Å². The number of rotatable bonds is 3. The summed E-state index contributed by atoms with van der Waals surface area (Å²) in [6.07, 6.45) is 7.52. The molecular weight excluding hydrogens is 278 g/mol. The van der Waals surface area contributed by atoms with Crippen molar-refractivity contribution in [1.29, 1.82) is 0 Å². The summed E-state index contributed by atoms with van der Waals surface area (Å²) in [6, 6.07) is 12.7. The van der Waals surface area contributed by atoms with E-state index in [9.17, 15) is 0 Å². The first-order valence-corrected chi connectivity index (χ1v) is 7.65. The second-order valence-corrected chi connectivity index (χ2v) is 5.84. The Morgan fingerprint density at radius 1 is 1.10 bits per heavy atom. The fourth-order valence-corrected chi connectivity index (χ4v) is 3.40. The molecule has 21 heavy (non-hydrogen) atoms. The van der Waals surface area contributed by atoms with Gasteiger partial charge in [-0.05, 0) is 17.7 Å². The van der Waals surface area contributed by atoms with Gasteiger partial charge in [-0.25, -0.2) is 4.98 Å². The van der Waals surface area contributed by atoms with Gasteiger partial charge in [-0.15, -0.1) is 11.3 Å². The lowest BCUT2D eigenvalue weighted by Gasteiger charge is -2.04. The highest BCUT2D eigenvalue weighted by molar-refractivity contribution is 7.17. The first kappa shape index (κ1) is 12.3. The van der Waals surface area contributed by atoms with Gasteiger partial charge in [-0.1, -0.05) is 24.3 Å². The zero-order chi connectivity index (χ0) is 14.1. The molecule has 0 aliphatic carbocycles. The second-order valence-electron chi connectivity index (χ2n) is 4.93. The van der Waals surface area contributed by atoms with Gasteiger partial charge in [-0.2, -0.15) is 0 Å². The zero-order valence-electron chi connectivity index (χ0n) is 11.3. The lowest BCUT2D eigenvalue weighted by atomic mass is 10.1. The molecule has 0 aliphatic heterocycles. The van der Waals surface area contributed by atoms with Crippen LogP contribution in [0.15, 0.2) is 66.7 Å². The summed E-state index contributed by atoms with van der Waals surface area (Å²) in [6.45, 7) is 0.803. The van der Waals surface area contributed by atoms with E-state index in [0.717, 1.165) is 12.2 Å². The number of aromatic nitrogens is 3. The van der Waals surface area contributed by atoms with Crippen LogP contribution < -0.4 is 0 Å². The number of imidazole rings is 1. The van der Waals surface area contributed by atoms with Crippen LogP contribution in [0.4, 0.5) is 0 Å². The number of fused-ring (bicyclic) bond motifs is 1. The van der Waals surface area contributed by atoms with Crippen molar-refractivity contribution in [3.63, 3.8) is 0 Å². The summed E-state index contributed by atoms with van der Waals surface area (Å²) in [7, 11) is 0. The molecule has 0 amide bonds. The minimum Gasteiger partial charge on any atom is -0.333 e. The number of thiophene rings is 1. The molecule has 102 valence electrons. The van der Waals surface area contributed by atoms with E-state index in [-0.39, 0.29) is 0 Å². The van der Waals surface area contributed by atoms with Gasteiger partial charge < -0.3 is 4.57 Å². The molecule has 3 heterocycles. The summed E-state index contributed by atoms with van der Waals surface area (Å²) in [5, 5.41) is 3.46. The molecule has 0 radical (unpaired) electrons. The molecular formula is C17H13N3S. The molecule has 4 aromatic rings. The Morgan fingerprint density at radius 2 is 2.05 bits per heavy atom. The van der Waals surface area contributed by atoms with E-state index in [1.165, 1.54) is 21.2 Å². The van der Waals surface area contributed by atoms with Gasteiger partial charge in [0, 0.05) is 46.2 Å². The second kappa shape index (κ2) is 5.14. The van der Waals surface area contributed by atoms with Gasteiger partial charge in [0.05, 0.1) is 12.0 Å². The third-order valence-electron chi connectivity index (χ3n) is 3.51. The number of benzene rings is 1. The average Bonchev–Trinajstić information content (AvgIpc) is 3.17. The van der Waals surface area contributed by atoms with Crippen LogP contribution in [0, 0.1) is 0 Å². The maximum atomic E-state index is 4.62. The third-order valence-corrected chi connectivity index (χ3v) is 4.47. The number of nitrogens with zero attached hydrogens (tertiary/aromatic N) is 3. The summed E-state index contributed by atoms with van der Waals surface area (Å²) >= 11 is 1.76. The maximum Gasteiger partial charge on any atom is 0.0949 e. The fraction of sp³-hybridized carbons (Fsp3) is 0.0588. The smallest absolute Gasteiger partial charge is 0.0949 e. The van der Waals surface area contributed by atoms with E-state index in [1.54, 1.807) is 17.5 Å². The van der Waals surface area contributed by atoms with Crippen molar-refractivity contribution in [3.05, 3.63) is 72.3 Å². The first-order valence-electron chi connectivity index (χ1n) is 6.77. The predicted molar refractivity (Wildman–Crippen MR) is 86.4 cm³/mol. The van der Waals surface area contributed by atoms with E-state index in [4.69, 9.17) is 0 Å². The molecule has 0 spiro atoms. The highest BCUT2D eigenvalue weighted by atomic mass is 32.1. The van der Waals surface area contributed by atoms with Crippen LogP contribution in [-0.4, -0.2) is 14.5 Å². The molecule has 3 aromatic heterocycles. The average molecular weight is 291 g/mol. The van der Waals surface area contributed by atoms with E-state index in [0.29, 0.717) is 0 Å². The highest BCUT2D eigenvalue weighted by Gasteiger charge is 2.07. The van der Waals surface area contributed by atoms with E-state index in [1.807, 2.05) is 23.3 Å². The monoisotopic (exact) mass is 291 g/mol. The predicted octanol–water partition coefficient (Wildman–Crippen LogP) is 4.21. The molecule has 0 aliphatic rings. The van der Waals surface area contributed by atoms with Gasteiger partial charge in [0.1, 0.15) is 0 Å². The van der Waals surface area contributed by atoms with Crippen LogP contribution in [0.2, 0.25) is 0 Å². The van der Waals surface area contributed by atoms with Gasteiger partial charge in [0.15, 0.2) is 0 Å². The Bertz CT molecular complexity index is 861. The van der Waals surface area contributed by atoms with Crippen molar-refractivity contribution in [2.45, 2.75) is 6.54 Å². The molecule has 1 aromatic carbocycles. The van der Waals surface area contributed by atoms with Crippen LogP contribution in [0.3, 0.4) is 0 Å². The molecule has 0 saturated heterocycles. The van der Waals surface area contributed by atoms with E-state index in [2.05, 4.69) is 51.7 Å². The van der Waals surface area contributed by atoms with Crippen LogP contribution in [0.25, 0.3) is 21.3 Å². The minimum atomic E-state index is 0.803. The fourth-order valence-electron chi connectivity index (χ4n) is 2.44. The normalized spacial score (nSPS) is 11.0. The number of pyridine rings is 1. The quantitative estimate of drug-likeness (QED) is 0.566. The first-order chi connectivity index (χ1) is 10.4. The number of hydrogen-bond donors (Lipinski definition) is 0. The van der Waals surface area contributed by atoms with Crippen molar-refractivity contribution >= 4 is 21.4 Å². The van der Waals surface area contributed by atoms with Crippen molar-refractivity contribution in [2.24, 2.45) is 0 Å². The Balaban J connectivity index is 1.67. The Morgan fingerprint density at radius 3 is 2.86 bits per heavy atom. The zero-order valence-corrected chi connectivity index (χ0v) is 12.1. The Hall–Kier alpha value is -2.46. The largest absolute Gasteiger partial charge is 0.333 e. The molecule has 3 nitrogen and oxygen atoms in total. The molecule has 0 fully saturated rings. The molecule has 4 rings (SSSR count). The molecule has 0 saturated carbocycles. The van der Waals surface area contributed by atoms with E-state index < -0.39 is 0 Å². The molecule has 0 bridgehead atoms. The van der Waals surface area contributed by atoms with Gasteiger partial charge >= 0.3 is 0 Å². The van der Waals surface area contributed by atoms with Crippen LogP contribution >= 0.6 is 11.3 Å². The van der Waals surface area contributed by atoms with E-state index >= 15 is 0 Å².